The highest BCUT2D eigenvalue weighted by atomic mass is 32.2. The number of alkyl carbamates (subject to hydrolysis) is 1. The highest BCUT2D eigenvalue weighted by Gasteiger charge is 2.59. The van der Waals surface area contributed by atoms with Crippen LogP contribution in [0.4, 0.5) is 14.9 Å². The molecule has 0 radical (unpaired) electrons. The number of nitro benzene ring substituents is 1. The summed E-state index contributed by atoms with van der Waals surface area (Å²) in [6.45, 7) is 6.74. The van der Waals surface area contributed by atoms with Gasteiger partial charge in [0.05, 0.1) is 4.92 Å². The zero-order valence-electron chi connectivity index (χ0n) is 17.9. The van der Waals surface area contributed by atoms with Crippen molar-refractivity contribution in [3.8, 4) is 0 Å². The number of rotatable bonds is 2. The van der Waals surface area contributed by atoms with E-state index in [0.29, 0.717) is 0 Å². The molecule has 0 saturated heterocycles. The molecule has 31 heavy (non-hydrogen) atoms. The van der Waals surface area contributed by atoms with Crippen LogP contribution in [0.1, 0.15) is 46.1 Å². The van der Waals surface area contributed by atoms with Gasteiger partial charge in [0.15, 0.2) is 0 Å². The Hall–Kier alpha value is -2.76. The number of hydrogen-bond donors (Lipinski definition) is 1. The molecule has 1 heterocycles. The van der Waals surface area contributed by atoms with Crippen molar-refractivity contribution in [1.29, 1.82) is 0 Å². The van der Waals surface area contributed by atoms with Gasteiger partial charge in [-0.15, -0.1) is 0 Å². The van der Waals surface area contributed by atoms with Gasteiger partial charge in [0.25, 0.3) is 5.69 Å². The maximum absolute atomic E-state index is 14.9. The lowest BCUT2D eigenvalue weighted by molar-refractivity contribution is -0.385. The van der Waals surface area contributed by atoms with Crippen LogP contribution in [0, 0.1) is 21.8 Å². The minimum atomic E-state index is -4.07. The summed E-state index contributed by atoms with van der Waals surface area (Å²) in [5.74, 6) is -1.29. The Morgan fingerprint density at radius 3 is 2.65 bits per heavy atom. The fourth-order valence-electron chi connectivity index (χ4n) is 4.17. The molecule has 1 aliphatic heterocycles. The van der Waals surface area contributed by atoms with Crippen LogP contribution in [0.3, 0.4) is 0 Å². The fourth-order valence-corrected chi connectivity index (χ4v) is 6.22. The number of carbonyl (C=O) groups excluding carboxylic acids is 1. The van der Waals surface area contributed by atoms with E-state index in [4.69, 9.17) is 4.74 Å². The Labute approximate surface area is 179 Å². The van der Waals surface area contributed by atoms with Gasteiger partial charge in [0.1, 0.15) is 22.2 Å². The van der Waals surface area contributed by atoms with Crippen LogP contribution in [-0.4, -0.2) is 47.6 Å². The molecule has 1 aliphatic carbocycles. The highest BCUT2D eigenvalue weighted by Crippen LogP contribution is 2.52. The lowest BCUT2D eigenvalue weighted by Gasteiger charge is -2.40. The number of guanidine groups is 1. The molecule has 0 spiro atoms. The third-order valence-corrected chi connectivity index (χ3v) is 7.63. The number of carbonyl (C=O) groups is 1. The van der Waals surface area contributed by atoms with E-state index >= 15 is 0 Å². The Morgan fingerprint density at radius 2 is 2.06 bits per heavy atom. The molecule has 1 fully saturated rings. The average molecular weight is 456 g/mol. The van der Waals surface area contributed by atoms with E-state index in [9.17, 15) is 27.7 Å². The standard InChI is InChI=1S/C19H25FN4O6S/c1-11-8-15-19(10-11,13-9-12(24(26)27)6-7-14(13)20)22-16(23(5)31(15,28)29)21-17(25)30-18(2,3)4/h6-7,9,11,15H,8,10H2,1-5H3,(H,21,22,25). The number of nitrogens with one attached hydrogen (secondary N) is 1. The number of halogens is 1. The molecule has 10 nitrogen and oxygen atoms in total. The molecule has 3 unspecified atom stereocenters. The van der Waals surface area contributed by atoms with Gasteiger partial charge in [-0.2, -0.15) is 0 Å². The van der Waals surface area contributed by atoms with Crippen molar-refractivity contribution in [2.45, 2.75) is 56.9 Å². The average Bonchev–Trinajstić information content (AvgIpc) is 2.96. The largest absolute Gasteiger partial charge is 0.444 e. The first-order valence-corrected chi connectivity index (χ1v) is 11.2. The Bertz CT molecular complexity index is 1070. The normalized spacial score (nSPS) is 27.3. The van der Waals surface area contributed by atoms with Crippen LogP contribution < -0.4 is 5.32 Å². The number of amides is 1. The highest BCUT2D eigenvalue weighted by molar-refractivity contribution is 7.90. The second-order valence-corrected chi connectivity index (χ2v) is 11.1. The van der Waals surface area contributed by atoms with Gasteiger partial charge in [0.2, 0.25) is 16.0 Å². The molecule has 3 rings (SSSR count). The molecule has 0 aromatic heterocycles. The van der Waals surface area contributed by atoms with Gasteiger partial charge in [0, 0.05) is 24.7 Å². The number of non-ortho nitro benzene ring substituents is 1. The van der Waals surface area contributed by atoms with Crippen molar-refractivity contribution < 1.29 is 27.3 Å². The Balaban J connectivity index is 2.20. The fraction of sp³-hybridized carbons (Fsp3) is 0.579. The number of nitrogens with zero attached hydrogens (tertiary/aromatic N) is 3. The molecule has 1 amide bonds. The number of benzene rings is 1. The summed E-state index contributed by atoms with van der Waals surface area (Å²) in [6.07, 6.45) is -0.590. The van der Waals surface area contributed by atoms with Crippen molar-refractivity contribution >= 4 is 27.8 Å². The Kier molecular flexibility index (Phi) is 5.49. The summed E-state index contributed by atoms with van der Waals surface area (Å²) in [7, 11) is -2.83. The minimum Gasteiger partial charge on any atom is -0.444 e. The van der Waals surface area contributed by atoms with Crippen LogP contribution >= 0.6 is 0 Å². The monoisotopic (exact) mass is 456 g/mol. The maximum atomic E-state index is 14.9. The topological polar surface area (TPSA) is 131 Å². The van der Waals surface area contributed by atoms with E-state index in [-0.39, 0.29) is 36.0 Å². The quantitative estimate of drug-likeness (QED) is 0.538. The van der Waals surface area contributed by atoms with Crippen LogP contribution in [0.25, 0.3) is 0 Å². The number of hydrogen-bond acceptors (Lipinski definition) is 7. The van der Waals surface area contributed by atoms with Gasteiger partial charge < -0.3 is 4.74 Å². The van der Waals surface area contributed by atoms with Crippen molar-refractivity contribution in [3.05, 3.63) is 39.7 Å². The SMILES string of the molecule is CC1CC2C(c3cc([N+](=O)[O-])ccc3F)(C1)N=C(NC(=O)OC(C)(C)C)N(C)S2(=O)=O. The number of ether oxygens (including phenoxy) is 1. The van der Waals surface area contributed by atoms with Gasteiger partial charge in [-0.3, -0.25) is 15.4 Å². The van der Waals surface area contributed by atoms with Gasteiger partial charge in [-0.05, 0) is 45.6 Å². The molecule has 3 atom stereocenters. The predicted molar refractivity (Wildman–Crippen MR) is 110 cm³/mol. The second-order valence-electron chi connectivity index (χ2n) is 8.95. The van der Waals surface area contributed by atoms with E-state index in [2.05, 4.69) is 10.3 Å². The Morgan fingerprint density at radius 1 is 1.42 bits per heavy atom. The molecule has 2 aliphatic rings. The molecule has 0 bridgehead atoms. The van der Waals surface area contributed by atoms with Crippen LogP contribution in [0.15, 0.2) is 23.2 Å². The van der Waals surface area contributed by atoms with Crippen molar-refractivity contribution in [1.82, 2.24) is 9.62 Å². The summed E-state index contributed by atoms with van der Waals surface area (Å²) in [5.41, 5.74) is -3.02. The molecular formula is C19H25FN4O6S. The third-order valence-electron chi connectivity index (χ3n) is 5.39. The summed E-state index contributed by atoms with van der Waals surface area (Å²) in [5, 5.41) is 12.5. The smallest absolute Gasteiger partial charge is 0.414 e. The van der Waals surface area contributed by atoms with Crippen molar-refractivity contribution in [3.63, 3.8) is 0 Å². The van der Waals surface area contributed by atoms with Crippen LogP contribution in [0.2, 0.25) is 0 Å². The summed E-state index contributed by atoms with van der Waals surface area (Å²) < 4.78 is 47.6. The maximum Gasteiger partial charge on any atom is 0.414 e. The predicted octanol–water partition coefficient (Wildman–Crippen LogP) is 2.88. The molecule has 170 valence electrons. The third kappa shape index (κ3) is 4.08. The first-order valence-electron chi connectivity index (χ1n) is 9.69. The van der Waals surface area contributed by atoms with Crippen molar-refractivity contribution in [2.24, 2.45) is 10.9 Å². The van der Waals surface area contributed by atoms with E-state index < -0.39 is 43.2 Å². The van der Waals surface area contributed by atoms with Crippen LogP contribution in [-0.2, 0) is 20.3 Å². The van der Waals surface area contributed by atoms with Crippen LogP contribution in [0.5, 0.6) is 0 Å². The zero-order chi connectivity index (χ0) is 23.4. The lowest BCUT2D eigenvalue weighted by atomic mass is 9.86. The zero-order valence-corrected chi connectivity index (χ0v) is 18.7. The number of aliphatic imine (C=N–C) groups is 1. The van der Waals surface area contributed by atoms with E-state index in [1.807, 2.05) is 0 Å². The summed E-state index contributed by atoms with van der Waals surface area (Å²) in [4.78, 5) is 27.4. The molecule has 1 aromatic carbocycles. The lowest BCUT2D eigenvalue weighted by Crippen LogP contribution is -2.57. The van der Waals surface area contributed by atoms with Gasteiger partial charge in [-0.1, -0.05) is 6.92 Å². The number of fused-ring (bicyclic) bond motifs is 1. The summed E-state index contributed by atoms with van der Waals surface area (Å²) >= 11 is 0. The number of nitro groups is 1. The minimum absolute atomic E-state index is 0.141. The van der Waals surface area contributed by atoms with E-state index in [1.165, 1.54) is 7.05 Å². The first kappa shape index (κ1) is 22.9. The molecule has 12 heteroatoms. The van der Waals surface area contributed by atoms with E-state index in [0.717, 1.165) is 22.5 Å². The second kappa shape index (κ2) is 7.43. The first-order chi connectivity index (χ1) is 14.2. The van der Waals surface area contributed by atoms with Gasteiger partial charge in [-0.25, -0.2) is 26.9 Å². The van der Waals surface area contributed by atoms with E-state index in [1.54, 1.807) is 27.7 Å². The number of sulfonamides is 1. The molecule has 1 aromatic rings. The molecular weight excluding hydrogens is 431 g/mol. The van der Waals surface area contributed by atoms with Gasteiger partial charge >= 0.3 is 6.09 Å². The molecule has 1 N–H and O–H groups in total. The molecule has 1 saturated carbocycles. The van der Waals surface area contributed by atoms with Crippen molar-refractivity contribution in [2.75, 3.05) is 7.05 Å². The summed E-state index contributed by atoms with van der Waals surface area (Å²) in [6, 6.07) is 2.97.